The number of aromatic hydroxyl groups is 1. The van der Waals surface area contributed by atoms with Crippen LogP contribution in [0.2, 0.25) is 0 Å². The van der Waals surface area contributed by atoms with Crippen LogP contribution in [0.25, 0.3) is 0 Å². The molecule has 0 aliphatic carbocycles. The highest BCUT2D eigenvalue weighted by Crippen LogP contribution is 2.30. The lowest BCUT2D eigenvalue weighted by atomic mass is 10.00. The molecule has 1 aliphatic rings. The Morgan fingerprint density at radius 1 is 1.50 bits per heavy atom. The smallest absolute Gasteiger partial charge is 0.126 e. The van der Waals surface area contributed by atoms with Gasteiger partial charge in [-0.1, -0.05) is 6.07 Å². The highest BCUT2D eigenvalue weighted by atomic mass is 19.1. The second-order valence-electron chi connectivity index (χ2n) is 5.00. The molecule has 0 bridgehead atoms. The molecule has 4 heteroatoms. The zero-order valence-corrected chi connectivity index (χ0v) is 11.0. The first kappa shape index (κ1) is 13.3. The van der Waals surface area contributed by atoms with Gasteiger partial charge >= 0.3 is 0 Å². The first-order valence-electron chi connectivity index (χ1n) is 6.51. The van der Waals surface area contributed by atoms with Crippen LogP contribution in [0.5, 0.6) is 5.75 Å². The molecule has 2 rings (SSSR count). The van der Waals surface area contributed by atoms with Gasteiger partial charge < -0.3 is 10.4 Å². The molecule has 0 saturated carbocycles. The average molecular weight is 252 g/mol. The summed E-state index contributed by atoms with van der Waals surface area (Å²) in [6, 6.07) is 4.89. The second kappa shape index (κ2) is 5.67. The van der Waals surface area contributed by atoms with Crippen molar-refractivity contribution < 1.29 is 9.50 Å². The SMILES string of the molecule is CNC1CCCN(C(C)c2ccc(F)cc2O)C1. The van der Waals surface area contributed by atoms with Crippen molar-refractivity contribution in [1.29, 1.82) is 0 Å². The van der Waals surface area contributed by atoms with Crippen molar-refractivity contribution in [3.05, 3.63) is 29.6 Å². The lowest BCUT2D eigenvalue weighted by Crippen LogP contribution is -2.45. The summed E-state index contributed by atoms with van der Waals surface area (Å²) in [5.74, 6) is -0.343. The number of hydrogen-bond acceptors (Lipinski definition) is 3. The first-order valence-corrected chi connectivity index (χ1v) is 6.51. The number of phenolic OH excluding ortho intramolecular Hbond substituents is 1. The molecular formula is C14H21FN2O. The fourth-order valence-electron chi connectivity index (χ4n) is 2.66. The third-order valence-corrected chi connectivity index (χ3v) is 3.85. The lowest BCUT2D eigenvalue weighted by molar-refractivity contribution is 0.147. The molecule has 1 aromatic carbocycles. The van der Waals surface area contributed by atoms with Crippen LogP contribution in [-0.4, -0.2) is 36.2 Å². The van der Waals surface area contributed by atoms with E-state index in [1.54, 1.807) is 6.07 Å². The van der Waals surface area contributed by atoms with E-state index in [2.05, 4.69) is 17.1 Å². The average Bonchev–Trinajstić information content (AvgIpc) is 2.38. The number of halogens is 1. The van der Waals surface area contributed by atoms with E-state index in [4.69, 9.17) is 0 Å². The molecule has 18 heavy (non-hydrogen) atoms. The summed E-state index contributed by atoms with van der Waals surface area (Å²) in [5, 5.41) is 13.1. The number of benzene rings is 1. The van der Waals surface area contributed by atoms with Crippen molar-refractivity contribution in [2.45, 2.75) is 31.8 Å². The van der Waals surface area contributed by atoms with E-state index < -0.39 is 5.82 Å². The lowest BCUT2D eigenvalue weighted by Gasteiger charge is -2.37. The standard InChI is InChI=1S/C14H21FN2O/c1-10(13-6-5-11(15)8-14(13)18)17-7-3-4-12(9-17)16-2/h5-6,8,10,12,16,18H,3-4,7,9H2,1-2H3. The topological polar surface area (TPSA) is 35.5 Å². The molecule has 2 N–H and O–H groups in total. The minimum absolute atomic E-state index is 0.0501. The van der Waals surface area contributed by atoms with Crippen LogP contribution in [0.15, 0.2) is 18.2 Å². The third-order valence-electron chi connectivity index (χ3n) is 3.85. The Balaban J connectivity index is 2.12. The molecule has 3 nitrogen and oxygen atoms in total. The number of nitrogens with one attached hydrogen (secondary N) is 1. The van der Waals surface area contributed by atoms with E-state index in [-0.39, 0.29) is 11.8 Å². The number of hydrogen-bond donors (Lipinski definition) is 2. The molecule has 2 unspecified atom stereocenters. The number of piperidine rings is 1. The molecule has 0 spiro atoms. The molecule has 1 saturated heterocycles. The summed E-state index contributed by atoms with van der Waals surface area (Å²) >= 11 is 0. The third kappa shape index (κ3) is 2.82. The predicted octanol–water partition coefficient (Wildman–Crippen LogP) is 2.28. The van der Waals surface area contributed by atoms with E-state index in [1.165, 1.54) is 18.6 Å². The molecular weight excluding hydrogens is 231 g/mol. The minimum Gasteiger partial charge on any atom is -0.508 e. The van der Waals surface area contributed by atoms with E-state index in [0.29, 0.717) is 6.04 Å². The molecule has 1 aliphatic heterocycles. The monoisotopic (exact) mass is 252 g/mol. The van der Waals surface area contributed by atoms with Gasteiger partial charge in [-0.2, -0.15) is 0 Å². The van der Waals surface area contributed by atoms with Crippen LogP contribution in [0, 0.1) is 5.82 Å². The largest absolute Gasteiger partial charge is 0.508 e. The number of rotatable bonds is 3. The van der Waals surface area contributed by atoms with Crippen molar-refractivity contribution in [2.24, 2.45) is 0 Å². The second-order valence-corrected chi connectivity index (χ2v) is 5.00. The zero-order chi connectivity index (χ0) is 13.1. The molecule has 2 atom stereocenters. The van der Waals surface area contributed by atoms with E-state index in [1.807, 2.05) is 7.05 Å². The number of likely N-dealkylation sites (N-methyl/N-ethyl adjacent to an activating group) is 1. The van der Waals surface area contributed by atoms with Crippen molar-refractivity contribution in [3.8, 4) is 5.75 Å². The van der Waals surface area contributed by atoms with E-state index in [0.717, 1.165) is 25.1 Å². The predicted molar refractivity (Wildman–Crippen MR) is 70.1 cm³/mol. The normalized spacial score (nSPS) is 22.9. The van der Waals surface area contributed by atoms with Crippen LogP contribution in [0.4, 0.5) is 4.39 Å². The quantitative estimate of drug-likeness (QED) is 0.866. The highest BCUT2D eigenvalue weighted by molar-refractivity contribution is 5.35. The van der Waals surface area contributed by atoms with Crippen molar-refractivity contribution >= 4 is 0 Å². The van der Waals surface area contributed by atoms with Gasteiger partial charge in [0.1, 0.15) is 11.6 Å². The van der Waals surface area contributed by atoms with Crippen molar-refractivity contribution in [2.75, 3.05) is 20.1 Å². The van der Waals surface area contributed by atoms with E-state index >= 15 is 0 Å². The Morgan fingerprint density at radius 2 is 2.28 bits per heavy atom. The Morgan fingerprint density at radius 3 is 2.94 bits per heavy atom. The summed E-state index contributed by atoms with van der Waals surface area (Å²) < 4.78 is 13.0. The van der Waals surface area contributed by atoms with Gasteiger partial charge in [-0.05, 0) is 39.4 Å². The highest BCUT2D eigenvalue weighted by Gasteiger charge is 2.24. The van der Waals surface area contributed by atoms with Gasteiger partial charge in [0, 0.05) is 30.3 Å². The maximum Gasteiger partial charge on any atom is 0.126 e. The van der Waals surface area contributed by atoms with Gasteiger partial charge in [-0.25, -0.2) is 4.39 Å². The Labute approximate surface area is 108 Å². The fraction of sp³-hybridized carbons (Fsp3) is 0.571. The maximum atomic E-state index is 13.0. The fourth-order valence-corrected chi connectivity index (χ4v) is 2.66. The maximum absolute atomic E-state index is 13.0. The van der Waals surface area contributed by atoms with Gasteiger partial charge in [0.25, 0.3) is 0 Å². The molecule has 100 valence electrons. The van der Waals surface area contributed by atoms with Crippen LogP contribution >= 0.6 is 0 Å². The molecule has 0 amide bonds. The summed E-state index contributed by atoms with van der Waals surface area (Å²) in [7, 11) is 1.98. The summed E-state index contributed by atoms with van der Waals surface area (Å²) in [6.45, 7) is 4.05. The number of nitrogens with zero attached hydrogens (tertiary/aromatic N) is 1. The summed E-state index contributed by atoms with van der Waals surface area (Å²) in [6.07, 6.45) is 2.34. The van der Waals surface area contributed by atoms with Crippen LogP contribution in [0.3, 0.4) is 0 Å². The van der Waals surface area contributed by atoms with Gasteiger partial charge in [-0.3, -0.25) is 4.90 Å². The van der Waals surface area contributed by atoms with Crippen LogP contribution in [-0.2, 0) is 0 Å². The van der Waals surface area contributed by atoms with Crippen molar-refractivity contribution in [1.82, 2.24) is 10.2 Å². The number of phenols is 1. The Kier molecular flexibility index (Phi) is 4.19. The zero-order valence-electron chi connectivity index (χ0n) is 11.0. The number of likely N-dealkylation sites (tertiary alicyclic amines) is 1. The van der Waals surface area contributed by atoms with Gasteiger partial charge in [-0.15, -0.1) is 0 Å². The molecule has 1 aromatic rings. The first-order chi connectivity index (χ1) is 8.61. The molecule has 0 aromatic heterocycles. The summed E-state index contributed by atoms with van der Waals surface area (Å²) in [5.41, 5.74) is 0.799. The van der Waals surface area contributed by atoms with Crippen LogP contribution < -0.4 is 5.32 Å². The van der Waals surface area contributed by atoms with Crippen molar-refractivity contribution in [3.63, 3.8) is 0 Å². The molecule has 1 fully saturated rings. The summed E-state index contributed by atoms with van der Waals surface area (Å²) in [4.78, 5) is 2.33. The van der Waals surface area contributed by atoms with E-state index in [9.17, 15) is 9.50 Å². The van der Waals surface area contributed by atoms with Gasteiger partial charge in [0.05, 0.1) is 0 Å². The molecule has 1 heterocycles. The Hall–Kier alpha value is -1.13. The minimum atomic E-state index is -0.393. The van der Waals surface area contributed by atoms with Gasteiger partial charge in [0.2, 0.25) is 0 Å². The Bertz CT molecular complexity index is 411. The van der Waals surface area contributed by atoms with Gasteiger partial charge in [0.15, 0.2) is 0 Å². The van der Waals surface area contributed by atoms with Crippen LogP contribution in [0.1, 0.15) is 31.4 Å². The molecule has 0 radical (unpaired) electrons.